The Morgan fingerprint density at radius 2 is 1.65 bits per heavy atom. The molecule has 1 fully saturated rings. The van der Waals surface area contributed by atoms with Crippen molar-refractivity contribution in [2.75, 3.05) is 0 Å². The second-order valence-corrected chi connectivity index (χ2v) is 6.78. The van der Waals surface area contributed by atoms with Gasteiger partial charge in [0, 0.05) is 0 Å². The maximum atomic E-state index is 9.72. The minimum absolute atomic E-state index is 0.207. The molecule has 0 unspecified atom stereocenters. The molecule has 0 radical (unpaired) electrons. The van der Waals surface area contributed by atoms with Gasteiger partial charge in [0.15, 0.2) is 0 Å². The third-order valence-corrected chi connectivity index (χ3v) is 5.22. The van der Waals surface area contributed by atoms with Crippen LogP contribution in [0.25, 0.3) is 11.1 Å². The number of rotatable bonds is 7. The highest BCUT2D eigenvalue weighted by atomic mass is 14.6. The summed E-state index contributed by atoms with van der Waals surface area (Å²) in [5, 5.41) is 9.72. The summed E-state index contributed by atoms with van der Waals surface area (Å²) in [6.45, 7) is 2.24. The molecule has 3 rings (SSSR count). The summed E-state index contributed by atoms with van der Waals surface area (Å²) in [4.78, 5) is 0. The molecule has 2 aromatic rings. The summed E-state index contributed by atoms with van der Waals surface area (Å²) in [6, 6.07) is 21.7. The van der Waals surface area contributed by atoms with E-state index in [1.54, 1.807) is 0 Å². The van der Waals surface area contributed by atoms with Gasteiger partial charge in [-0.05, 0) is 35.4 Å². The Hall–Kier alpha value is -2.07. The van der Waals surface area contributed by atoms with Gasteiger partial charge < -0.3 is 0 Å². The van der Waals surface area contributed by atoms with E-state index in [2.05, 4.69) is 61.5 Å². The topological polar surface area (TPSA) is 23.8 Å². The summed E-state index contributed by atoms with van der Waals surface area (Å²) in [5.74, 6) is 0.562. The SMILES string of the molecule is CCCCCC[C@H]1C[C@]1(C#N)c1ccc(-c2ccccc2)cc1. The quantitative estimate of drug-likeness (QED) is 0.566. The first-order valence-corrected chi connectivity index (χ1v) is 8.87. The molecule has 1 heteroatoms. The van der Waals surface area contributed by atoms with Gasteiger partial charge in [0.1, 0.15) is 0 Å². The number of hydrogen-bond acceptors (Lipinski definition) is 1. The van der Waals surface area contributed by atoms with Gasteiger partial charge in [-0.15, -0.1) is 0 Å². The lowest BCUT2D eigenvalue weighted by molar-refractivity contribution is 0.571. The zero-order valence-corrected chi connectivity index (χ0v) is 14.0. The van der Waals surface area contributed by atoms with Crippen LogP contribution in [0.5, 0.6) is 0 Å². The van der Waals surface area contributed by atoms with Crippen molar-refractivity contribution in [3.8, 4) is 17.2 Å². The Morgan fingerprint density at radius 1 is 0.957 bits per heavy atom. The van der Waals surface area contributed by atoms with Crippen LogP contribution < -0.4 is 0 Å². The highest BCUT2D eigenvalue weighted by molar-refractivity contribution is 5.64. The minimum Gasteiger partial charge on any atom is -0.197 e. The Morgan fingerprint density at radius 3 is 2.30 bits per heavy atom. The number of benzene rings is 2. The zero-order valence-electron chi connectivity index (χ0n) is 14.0. The molecule has 1 nitrogen and oxygen atoms in total. The van der Waals surface area contributed by atoms with Crippen LogP contribution in [-0.2, 0) is 5.41 Å². The number of nitriles is 1. The van der Waals surface area contributed by atoms with Crippen molar-refractivity contribution in [2.24, 2.45) is 5.92 Å². The Bertz CT molecular complexity index is 665. The average Bonchev–Trinajstić information content (AvgIpc) is 3.34. The summed E-state index contributed by atoms with van der Waals surface area (Å²) < 4.78 is 0. The first kappa shape index (κ1) is 15.8. The van der Waals surface area contributed by atoms with Crippen molar-refractivity contribution >= 4 is 0 Å². The lowest BCUT2D eigenvalue weighted by Crippen LogP contribution is -2.07. The molecule has 1 aliphatic carbocycles. The smallest absolute Gasteiger partial charge is 0.0854 e. The van der Waals surface area contributed by atoms with E-state index in [1.165, 1.54) is 48.8 Å². The fraction of sp³-hybridized carbons (Fsp3) is 0.409. The summed E-state index contributed by atoms with van der Waals surface area (Å²) in [6.07, 6.45) is 7.41. The normalized spacial score (nSPS) is 22.5. The van der Waals surface area contributed by atoms with Crippen molar-refractivity contribution in [2.45, 2.75) is 50.9 Å². The summed E-state index contributed by atoms with van der Waals surface area (Å²) in [5.41, 5.74) is 3.46. The van der Waals surface area contributed by atoms with Crippen molar-refractivity contribution in [1.82, 2.24) is 0 Å². The number of unbranched alkanes of at least 4 members (excludes halogenated alkanes) is 3. The van der Waals surface area contributed by atoms with Crippen molar-refractivity contribution in [1.29, 1.82) is 5.26 Å². The van der Waals surface area contributed by atoms with Crippen LogP contribution in [0.3, 0.4) is 0 Å². The number of hydrogen-bond donors (Lipinski definition) is 0. The summed E-state index contributed by atoms with van der Waals surface area (Å²) >= 11 is 0. The second kappa shape index (κ2) is 7.01. The molecule has 23 heavy (non-hydrogen) atoms. The molecule has 0 aromatic heterocycles. The van der Waals surface area contributed by atoms with Crippen LogP contribution in [0, 0.1) is 17.2 Å². The van der Waals surface area contributed by atoms with Gasteiger partial charge in [0.2, 0.25) is 0 Å². The molecule has 0 amide bonds. The van der Waals surface area contributed by atoms with Crippen LogP contribution in [0.2, 0.25) is 0 Å². The van der Waals surface area contributed by atoms with Gasteiger partial charge in [-0.25, -0.2) is 0 Å². The molecule has 0 N–H and O–H groups in total. The monoisotopic (exact) mass is 303 g/mol. The van der Waals surface area contributed by atoms with E-state index in [0.29, 0.717) is 5.92 Å². The Balaban J connectivity index is 1.68. The fourth-order valence-electron chi connectivity index (χ4n) is 3.64. The van der Waals surface area contributed by atoms with Crippen LogP contribution >= 0.6 is 0 Å². The van der Waals surface area contributed by atoms with Crippen LogP contribution in [0.1, 0.15) is 51.0 Å². The van der Waals surface area contributed by atoms with E-state index in [4.69, 9.17) is 0 Å². The van der Waals surface area contributed by atoms with E-state index in [1.807, 2.05) is 6.07 Å². The minimum atomic E-state index is -0.207. The van der Waals surface area contributed by atoms with E-state index < -0.39 is 0 Å². The predicted octanol–water partition coefficient (Wildman–Crippen LogP) is 6.11. The maximum Gasteiger partial charge on any atom is 0.0854 e. The molecule has 1 aliphatic rings. The highest BCUT2D eigenvalue weighted by Gasteiger charge is 2.55. The molecule has 2 atom stereocenters. The van der Waals surface area contributed by atoms with Gasteiger partial charge >= 0.3 is 0 Å². The lowest BCUT2D eigenvalue weighted by atomic mass is 9.91. The molecule has 0 bridgehead atoms. The van der Waals surface area contributed by atoms with Crippen LogP contribution in [-0.4, -0.2) is 0 Å². The molecule has 2 aromatic carbocycles. The van der Waals surface area contributed by atoms with Crippen LogP contribution in [0.15, 0.2) is 54.6 Å². The Labute approximate surface area is 140 Å². The zero-order chi connectivity index (χ0) is 16.1. The van der Waals surface area contributed by atoms with E-state index >= 15 is 0 Å². The molecule has 1 saturated carbocycles. The third kappa shape index (κ3) is 3.32. The first-order valence-electron chi connectivity index (χ1n) is 8.87. The van der Waals surface area contributed by atoms with E-state index in [-0.39, 0.29) is 5.41 Å². The lowest BCUT2D eigenvalue weighted by Gasteiger charge is -2.11. The first-order chi connectivity index (χ1) is 11.3. The maximum absolute atomic E-state index is 9.72. The molecule has 0 heterocycles. The largest absolute Gasteiger partial charge is 0.197 e. The summed E-state index contributed by atoms with van der Waals surface area (Å²) in [7, 11) is 0. The molecule has 0 saturated heterocycles. The van der Waals surface area contributed by atoms with E-state index in [9.17, 15) is 5.26 Å². The molecular formula is C22H25N. The molecule has 0 aliphatic heterocycles. The van der Waals surface area contributed by atoms with Crippen molar-refractivity contribution < 1.29 is 0 Å². The molecular weight excluding hydrogens is 278 g/mol. The van der Waals surface area contributed by atoms with Crippen molar-refractivity contribution in [3.05, 3.63) is 60.2 Å². The van der Waals surface area contributed by atoms with Gasteiger partial charge in [-0.1, -0.05) is 87.2 Å². The van der Waals surface area contributed by atoms with Crippen molar-refractivity contribution in [3.63, 3.8) is 0 Å². The molecule has 118 valence electrons. The van der Waals surface area contributed by atoms with Gasteiger partial charge in [0.25, 0.3) is 0 Å². The van der Waals surface area contributed by atoms with E-state index in [0.717, 1.165) is 6.42 Å². The highest BCUT2D eigenvalue weighted by Crippen LogP contribution is 2.56. The van der Waals surface area contributed by atoms with Gasteiger partial charge in [-0.2, -0.15) is 5.26 Å². The fourth-order valence-corrected chi connectivity index (χ4v) is 3.64. The third-order valence-electron chi connectivity index (χ3n) is 5.22. The standard InChI is InChI=1S/C22H25N/c1-2-3-4-8-11-21-16-22(21,17-23)20-14-12-19(13-15-20)18-9-6-5-7-10-18/h5-7,9-10,12-15,21H,2-4,8,11,16H2,1H3/t21-,22-/m0/s1. The number of nitrogens with zero attached hydrogens (tertiary/aromatic N) is 1. The molecule has 0 spiro atoms. The van der Waals surface area contributed by atoms with Crippen LogP contribution in [0.4, 0.5) is 0 Å². The van der Waals surface area contributed by atoms with Gasteiger partial charge in [-0.3, -0.25) is 0 Å². The predicted molar refractivity (Wildman–Crippen MR) is 96.0 cm³/mol. The second-order valence-electron chi connectivity index (χ2n) is 6.78. The average molecular weight is 303 g/mol. The Kier molecular flexibility index (Phi) is 4.82. The van der Waals surface area contributed by atoms with Gasteiger partial charge in [0.05, 0.1) is 11.5 Å².